The molecule has 1 saturated carbocycles. The molecular formula is C16H19FN2O2. The van der Waals surface area contributed by atoms with Gasteiger partial charge in [-0.1, -0.05) is 12.1 Å². The van der Waals surface area contributed by atoms with Crippen molar-refractivity contribution in [1.29, 1.82) is 0 Å². The number of nitrogens with one attached hydrogen (secondary N) is 1. The predicted octanol–water partition coefficient (Wildman–Crippen LogP) is 2.01. The van der Waals surface area contributed by atoms with E-state index in [1.54, 1.807) is 11.0 Å². The zero-order valence-corrected chi connectivity index (χ0v) is 12.0. The average Bonchev–Trinajstić information content (AvgIpc) is 3.28. The van der Waals surface area contributed by atoms with Crippen LogP contribution in [0.5, 0.6) is 0 Å². The summed E-state index contributed by atoms with van der Waals surface area (Å²) >= 11 is 0. The predicted molar refractivity (Wildman–Crippen MR) is 75.8 cm³/mol. The molecule has 1 aliphatic heterocycles. The number of carbonyl (C=O) groups excluding carboxylic acids is 2. The Morgan fingerprint density at radius 2 is 2.10 bits per heavy atom. The number of nitrogens with zero attached hydrogens (tertiary/aromatic N) is 1. The highest BCUT2D eigenvalue weighted by atomic mass is 19.1. The van der Waals surface area contributed by atoms with E-state index in [2.05, 4.69) is 5.32 Å². The smallest absolute Gasteiger partial charge is 0.245 e. The van der Waals surface area contributed by atoms with Gasteiger partial charge in [-0.3, -0.25) is 9.59 Å². The monoisotopic (exact) mass is 290 g/mol. The molecule has 0 radical (unpaired) electrons. The molecule has 1 aliphatic carbocycles. The second-order valence-corrected chi connectivity index (χ2v) is 5.90. The molecule has 2 atom stereocenters. The van der Waals surface area contributed by atoms with E-state index in [-0.39, 0.29) is 29.6 Å². The lowest BCUT2D eigenvalue weighted by molar-refractivity contribution is -0.136. The third-order valence-corrected chi connectivity index (χ3v) is 4.34. The summed E-state index contributed by atoms with van der Waals surface area (Å²) in [6.45, 7) is 2.26. The van der Waals surface area contributed by atoms with Crippen LogP contribution in [0, 0.1) is 11.7 Å². The number of benzene rings is 1. The molecule has 2 amide bonds. The minimum Gasteiger partial charge on any atom is -0.344 e. The van der Waals surface area contributed by atoms with Gasteiger partial charge in [-0.15, -0.1) is 0 Å². The highest BCUT2D eigenvalue weighted by Crippen LogP contribution is 2.35. The lowest BCUT2D eigenvalue weighted by Gasteiger charge is -2.30. The lowest BCUT2D eigenvalue weighted by Crippen LogP contribution is -2.46. The summed E-state index contributed by atoms with van der Waals surface area (Å²) in [6, 6.07) is 5.65. The first-order valence-electron chi connectivity index (χ1n) is 7.41. The summed E-state index contributed by atoms with van der Waals surface area (Å²) in [5.41, 5.74) is 0.757. The molecular weight excluding hydrogens is 271 g/mol. The summed E-state index contributed by atoms with van der Waals surface area (Å²) < 4.78 is 13.4. The first-order valence-corrected chi connectivity index (χ1v) is 7.41. The second kappa shape index (κ2) is 5.47. The van der Waals surface area contributed by atoms with Crippen LogP contribution in [0.25, 0.3) is 0 Å². The molecule has 5 heteroatoms. The van der Waals surface area contributed by atoms with Crippen LogP contribution in [0.3, 0.4) is 0 Å². The maximum Gasteiger partial charge on any atom is 0.245 e. The minimum absolute atomic E-state index is 0.0416. The van der Waals surface area contributed by atoms with Gasteiger partial charge in [0, 0.05) is 13.0 Å². The topological polar surface area (TPSA) is 49.4 Å². The van der Waals surface area contributed by atoms with Gasteiger partial charge in [-0.25, -0.2) is 4.39 Å². The average molecular weight is 290 g/mol. The van der Waals surface area contributed by atoms with Crippen molar-refractivity contribution in [3.63, 3.8) is 0 Å². The molecule has 2 aliphatic rings. The number of amides is 2. The summed E-state index contributed by atoms with van der Waals surface area (Å²) in [4.78, 5) is 26.2. The summed E-state index contributed by atoms with van der Waals surface area (Å²) in [5.74, 6) is -0.161. The Morgan fingerprint density at radius 1 is 1.33 bits per heavy atom. The van der Waals surface area contributed by atoms with E-state index in [4.69, 9.17) is 0 Å². The SMILES string of the molecule is CC(c1cccc(F)c1)N1CCC(=O)NC(C2CC2)C1=O. The zero-order valence-electron chi connectivity index (χ0n) is 12.0. The van der Waals surface area contributed by atoms with E-state index in [1.165, 1.54) is 12.1 Å². The van der Waals surface area contributed by atoms with Crippen molar-refractivity contribution in [3.8, 4) is 0 Å². The van der Waals surface area contributed by atoms with Crippen LogP contribution in [0.15, 0.2) is 24.3 Å². The van der Waals surface area contributed by atoms with Crippen molar-refractivity contribution in [2.24, 2.45) is 5.92 Å². The standard InChI is InChI=1S/C16H19FN2O2/c1-10(12-3-2-4-13(17)9-12)19-8-7-14(20)18-15(16(19)21)11-5-6-11/h2-4,9-11,15H,5-8H2,1H3,(H,18,20). The van der Waals surface area contributed by atoms with E-state index in [9.17, 15) is 14.0 Å². The Labute approximate surface area is 123 Å². The molecule has 4 nitrogen and oxygen atoms in total. The fraction of sp³-hybridized carbons (Fsp3) is 0.500. The van der Waals surface area contributed by atoms with E-state index in [1.807, 2.05) is 13.0 Å². The van der Waals surface area contributed by atoms with Crippen molar-refractivity contribution in [3.05, 3.63) is 35.6 Å². The van der Waals surface area contributed by atoms with Gasteiger partial charge in [0.05, 0.1) is 6.04 Å². The Morgan fingerprint density at radius 3 is 2.76 bits per heavy atom. The van der Waals surface area contributed by atoms with Gasteiger partial charge in [0.1, 0.15) is 11.9 Å². The van der Waals surface area contributed by atoms with Crippen LogP contribution in [-0.4, -0.2) is 29.3 Å². The largest absolute Gasteiger partial charge is 0.344 e. The Balaban J connectivity index is 1.84. The third-order valence-electron chi connectivity index (χ3n) is 4.34. The highest BCUT2D eigenvalue weighted by Gasteiger charge is 2.42. The van der Waals surface area contributed by atoms with Gasteiger partial charge in [0.2, 0.25) is 11.8 Å². The van der Waals surface area contributed by atoms with Gasteiger partial charge in [0.25, 0.3) is 0 Å². The molecule has 2 unspecified atom stereocenters. The first kappa shape index (κ1) is 14.0. The lowest BCUT2D eigenvalue weighted by atomic mass is 10.0. The van der Waals surface area contributed by atoms with Gasteiger partial charge in [-0.2, -0.15) is 0 Å². The molecule has 1 aromatic rings. The van der Waals surface area contributed by atoms with Crippen LogP contribution in [-0.2, 0) is 9.59 Å². The maximum absolute atomic E-state index is 13.4. The number of halogens is 1. The normalized spacial score (nSPS) is 24.5. The van der Waals surface area contributed by atoms with Crippen LogP contribution in [0.2, 0.25) is 0 Å². The number of hydrogen-bond donors (Lipinski definition) is 1. The number of rotatable bonds is 3. The minimum atomic E-state index is -0.406. The third kappa shape index (κ3) is 2.91. The molecule has 0 bridgehead atoms. The van der Waals surface area contributed by atoms with E-state index in [0.717, 1.165) is 18.4 Å². The molecule has 1 heterocycles. The van der Waals surface area contributed by atoms with E-state index in [0.29, 0.717) is 13.0 Å². The quantitative estimate of drug-likeness (QED) is 0.926. The molecule has 3 rings (SSSR count). The molecule has 21 heavy (non-hydrogen) atoms. The van der Waals surface area contributed by atoms with Gasteiger partial charge in [-0.05, 0) is 43.4 Å². The number of carbonyl (C=O) groups is 2. The summed E-state index contributed by atoms with van der Waals surface area (Å²) in [5, 5.41) is 2.83. The zero-order chi connectivity index (χ0) is 15.0. The van der Waals surface area contributed by atoms with Crippen molar-refractivity contribution in [1.82, 2.24) is 10.2 Å². The van der Waals surface area contributed by atoms with Gasteiger partial charge in [0.15, 0.2) is 0 Å². The molecule has 1 N–H and O–H groups in total. The Hall–Kier alpha value is -1.91. The number of hydrogen-bond acceptors (Lipinski definition) is 2. The van der Waals surface area contributed by atoms with Gasteiger partial charge < -0.3 is 10.2 Å². The highest BCUT2D eigenvalue weighted by molar-refractivity contribution is 5.90. The van der Waals surface area contributed by atoms with E-state index >= 15 is 0 Å². The Kier molecular flexibility index (Phi) is 3.66. The summed E-state index contributed by atoms with van der Waals surface area (Å²) in [6.07, 6.45) is 2.27. The van der Waals surface area contributed by atoms with Crippen LogP contribution in [0.1, 0.15) is 37.8 Å². The van der Waals surface area contributed by atoms with E-state index < -0.39 is 6.04 Å². The van der Waals surface area contributed by atoms with Crippen molar-refractivity contribution < 1.29 is 14.0 Å². The fourth-order valence-corrected chi connectivity index (χ4v) is 2.90. The molecule has 1 aromatic carbocycles. The van der Waals surface area contributed by atoms with Crippen LogP contribution < -0.4 is 5.32 Å². The first-order chi connectivity index (χ1) is 10.1. The Bertz CT molecular complexity index is 571. The molecule has 0 aromatic heterocycles. The van der Waals surface area contributed by atoms with Crippen LogP contribution >= 0.6 is 0 Å². The van der Waals surface area contributed by atoms with Crippen molar-refractivity contribution >= 4 is 11.8 Å². The molecule has 0 spiro atoms. The van der Waals surface area contributed by atoms with Gasteiger partial charge >= 0.3 is 0 Å². The summed E-state index contributed by atoms with van der Waals surface area (Å²) in [7, 11) is 0. The fourth-order valence-electron chi connectivity index (χ4n) is 2.90. The molecule has 2 fully saturated rings. The van der Waals surface area contributed by atoms with Crippen molar-refractivity contribution in [2.75, 3.05) is 6.54 Å². The van der Waals surface area contributed by atoms with Crippen molar-refractivity contribution in [2.45, 2.75) is 38.3 Å². The maximum atomic E-state index is 13.4. The van der Waals surface area contributed by atoms with Crippen LogP contribution in [0.4, 0.5) is 4.39 Å². The second-order valence-electron chi connectivity index (χ2n) is 5.90. The molecule has 1 saturated heterocycles. The molecule has 112 valence electrons.